The molecular formula is C16H28N2O. The first kappa shape index (κ1) is 14.6. The zero-order valence-electron chi connectivity index (χ0n) is 12.8. The summed E-state index contributed by atoms with van der Waals surface area (Å²) in [6.45, 7) is 8.55. The fourth-order valence-electron chi connectivity index (χ4n) is 3.87. The van der Waals surface area contributed by atoms with Crippen LogP contribution in [0, 0.1) is 32.6 Å². The van der Waals surface area contributed by atoms with Crippen LogP contribution in [-0.2, 0) is 0 Å². The maximum atomic E-state index is 5.91. The van der Waals surface area contributed by atoms with Crippen LogP contribution in [0.2, 0.25) is 0 Å². The molecule has 3 unspecified atom stereocenters. The summed E-state index contributed by atoms with van der Waals surface area (Å²) in [5.74, 6) is 9.38. The molecule has 1 saturated carbocycles. The summed E-state index contributed by atoms with van der Waals surface area (Å²) in [5.41, 5.74) is 5.65. The molecule has 1 aromatic rings. The van der Waals surface area contributed by atoms with Crippen LogP contribution >= 0.6 is 0 Å². The van der Waals surface area contributed by atoms with Crippen LogP contribution in [0.3, 0.4) is 0 Å². The van der Waals surface area contributed by atoms with Crippen LogP contribution in [0.1, 0.15) is 67.7 Å². The normalized spacial score (nSPS) is 25.5. The summed E-state index contributed by atoms with van der Waals surface area (Å²) < 4.78 is 5.79. The van der Waals surface area contributed by atoms with Gasteiger partial charge in [-0.05, 0) is 44.6 Å². The van der Waals surface area contributed by atoms with Gasteiger partial charge >= 0.3 is 0 Å². The van der Waals surface area contributed by atoms with Crippen LogP contribution in [0.15, 0.2) is 4.42 Å². The number of hydrazine groups is 1. The van der Waals surface area contributed by atoms with Gasteiger partial charge in [0.1, 0.15) is 11.5 Å². The van der Waals surface area contributed by atoms with E-state index in [1.165, 1.54) is 43.2 Å². The van der Waals surface area contributed by atoms with Gasteiger partial charge in [-0.3, -0.25) is 11.3 Å². The van der Waals surface area contributed by atoms with E-state index in [4.69, 9.17) is 10.3 Å². The van der Waals surface area contributed by atoms with Crippen molar-refractivity contribution in [3.05, 3.63) is 22.6 Å². The average molecular weight is 264 g/mol. The van der Waals surface area contributed by atoms with Gasteiger partial charge in [-0.15, -0.1) is 0 Å². The first-order valence-corrected chi connectivity index (χ1v) is 7.62. The lowest BCUT2D eigenvalue weighted by atomic mass is 9.72. The predicted octanol–water partition coefficient (Wildman–Crippen LogP) is 3.93. The minimum atomic E-state index is 0.239. The zero-order valence-corrected chi connectivity index (χ0v) is 12.8. The SMILES string of the molecule is CCC1CCCCC1C(NN)c1c(C)oc(C)c1C. The van der Waals surface area contributed by atoms with Gasteiger partial charge in [0.25, 0.3) is 0 Å². The fraction of sp³-hybridized carbons (Fsp3) is 0.750. The van der Waals surface area contributed by atoms with E-state index in [1.54, 1.807) is 0 Å². The standard InChI is InChI=1S/C16H28N2O/c1-5-13-8-6-7-9-14(13)16(18-17)15-10(2)11(3)19-12(15)4/h13-14,16,18H,5-9,17H2,1-4H3. The summed E-state index contributed by atoms with van der Waals surface area (Å²) in [5, 5.41) is 0. The van der Waals surface area contributed by atoms with Crippen LogP contribution in [0.4, 0.5) is 0 Å². The van der Waals surface area contributed by atoms with E-state index in [0.717, 1.165) is 17.4 Å². The highest BCUT2D eigenvalue weighted by Crippen LogP contribution is 2.42. The molecular weight excluding hydrogens is 236 g/mol. The van der Waals surface area contributed by atoms with Crippen molar-refractivity contribution in [2.45, 2.75) is 65.8 Å². The number of nitrogens with two attached hydrogens (primary N) is 1. The van der Waals surface area contributed by atoms with Gasteiger partial charge in [0.2, 0.25) is 0 Å². The number of nitrogens with one attached hydrogen (secondary N) is 1. The third-order valence-corrected chi connectivity index (χ3v) is 5.03. The molecule has 2 rings (SSSR count). The van der Waals surface area contributed by atoms with E-state index in [9.17, 15) is 0 Å². The van der Waals surface area contributed by atoms with Gasteiger partial charge in [-0.25, -0.2) is 0 Å². The number of aryl methyl sites for hydroxylation is 2. The number of hydrogen-bond donors (Lipinski definition) is 2. The van der Waals surface area contributed by atoms with Crippen LogP contribution in [0.25, 0.3) is 0 Å². The lowest BCUT2D eigenvalue weighted by Gasteiger charge is -2.36. The summed E-state index contributed by atoms with van der Waals surface area (Å²) in [6, 6.07) is 0.239. The third kappa shape index (κ3) is 2.72. The summed E-state index contributed by atoms with van der Waals surface area (Å²) in [4.78, 5) is 0. The summed E-state index contributed by atoms with van der Waals surface area (Å²) in [6.07, 6.45) is 6.56. The molecule has 0 bridgehead atoms. The Kier molecular flexibility index (Phi) is 4.69. The van der Waals surface area contributed by atoms with Crippen LogP contribution < -0.4 is 11.3 Å². The quantitative estimate of drug-likeness (QED) is 0.640. The second-order valence-electron chi connectivity index (χ2n) is 6.01. The molecule has 0 saturated heterocycles. The van der Waals surface area contributed by atoms with Crippen molar-refractivity contribution < 1.29 is 4.42 Å². The number of hydrogen-bond acceptors (Lipinski definition) is 3. The lowest BCUT2D eigenvalue weighted by molar-refractivity contribution is 0.174. The summed E-state index contributed by atoms with van der Waals surface area (Å²) in [7, 11) is 0. The molecule has 1 aromatic heterocycles. The second-order valence-corrected chi connectivity index (χ2v) is 6.01. The maximum Gasteiger partial charge on any atom is 0.106 e. The Morgan fingerprint density at radius 1 is 1.21 bits per heavy atom. The smallest absolute Gasteiger partial charge is 0.106 e. The van der Waals surface area contributed by atoms with E-state index < -0.39 is 0 Å². The van der Waals surface area contributed by atoms with E-state index in [0.29, 0.717) is 5.92 Å². The van der Waals surface area contributed by atoms with Crippen molar-refractivity contribution in [3.8, 4) is 0 Å². The Morgan fingerprint density at radius 2 is 1.89 bits per heavy atom. The van der Waals surface area contributed by atoms with Gasteiger partial charge in [0, 0.05) is 5.56 Å². The topological polar surface area (TPSA) is 51.2 Å². The molecule has 19 heavy (non-hydrogen) atoms. The second kappa shape index (κ2) is 6.10. The number of furan rings is 1. The largest absolute Gasteiger partial charge is 0.466 e. The van der Waals surface area contributed by atoms with Gasteiger partial charge in [0.15, 0.2) is 0 Å². The van der Waals surface area contributed by atoms with Crippen molar-refractivity contribution in [1.82, 2.24) is 5.43 Å². The Morgan fingerprint density at radius 3 is 2.42 bits per heavy atom. The van der Waals surface area contributed by atoms with Gasteiger partial charge in [-0.2, -0.15) is 0 Å². The molecule has 0 amide bonds. The summed E-state index contributed by atoms with van der Waals surface area (Å²) >= 11 is 0. The Bertz CT molecular complexity index is 425. The molecule has 0 spiro atoms. The van der Waals surface area contributed by atoms with Crippen molar-refractivity contribution in [2.75, 3.05) is 0 Å². The molecule has 108 valence electrons. The molecule has 1 aliphatic rings. The lowest BCUT2D eigenvalue weighted by Crippen LogP contribution is -2.38. The molecule has 3 atom stereocenters. The van der Waals surface area contributed by atoms with Crippen molar-refractivity contribution in [3.63, 3.8) is 0 Å². The van der Waals surface area contributed by atoms with Crippen molar-refractivity contribution >= 4 is 0 Å². The highest BCUT2D eigenvalue weighted by molar-refractivity contribution is 5.34. The minimum absolute atomic E-state index is 0.239. The van der Waals surface area contributed by atoms with Gasteiger partial charge < -0.3 is 4.42 Å². The monoisotopic (exact) mass is 264 g/mol. The van der Waals surface area contributed by atoms with Crippen LogP contribution in [-0.4, -0.2) is 0 Å². The molecule has 1 heterocycles. The first-order valence-electron chi connectivity index (χ1n) is 7.62. The van der Waals surface area contributed by atoms with E-state index in [2.05, 4.69) is 26.2 Å². The molecule has 0 aliphatic heterocycles. The van der Waals surface area contributed by atoms with Gasteiger partial charge in [0.05, 0.1) is 6.04 Å². The predicted molar refractivity (Wildman–Crippen MR) is 78.7 cm³/mol. The van der Waals surface area contributed by atoms with E-state index in [-0.39, 0.29) is 6.04 Å². The first-order chi connectivity index (χ1) is 9.10. The highest BCUT2D eigenvalue weighted by Gasteiger charge is 2.34. The molecule has 3 N–H and O–H groups in total. The maximum absolute atomic E-state index is 5.91. The Labute approximate surface area is 116 Å². The van der Waals surface area contributed by atoms with Gasteiger partial charge in [-0.1, -0.05) is 32.6 Å². The average Bonchev–Trinajstić information content (AvgIpc) is 2.67. The van der Waals surface area contributed by atoms with E-state index in [1.807, 2.05) is 6.92 Å². The molecule has 0 aromatic carbocycles. The fourth-order valence-corrected chi connectivity index (χ4v) is 3.87. The third-order valence-electron chi connectivity index (χ3n) is 5.03. The van der Waals surface area contributed by atoms with Crippen molar-refractivity contribution in [2.24, 2.45) is 17.7 Å². The van der Waals surface area contributed by atoms with Crippen LogP contribution in [0.5, 0.6) is 0 Å². The molecule has 0 radical (unpaired) electrons. The Hall–Kier alpha value is -0.800. The highest BCUT2D eigenvalue weighted by atomic mass is 16.3. The van der Waals surface area contributed by atoms with E-state index >= 15 is 0 Å². The zero-order chi connectivity index (χ0) is 14.0. The molecule has 1 aliphatic carbocycles. The number of rotatable bonds is 4. The minimum Gasteiger partial charge on any atom is -0.466 e. The molecule has 3 nitrogen and oxygen atoms in total. The Balaban J connectivity index is 2.32. The molecule has 1 fully saturated rings. The molecule has 3 heteroatoms. The van der Waals surface area contributed by atoms with Crippen molar-refractivity contribution in [1.29, 1.82) is 0 Å².